The van der Waals surface area contributed by atoms with Crippen molar-refractivity contribution < 1.29 is 14.3 Å². The lowest BCUT2D eigenvalue weighted by Crippen LogP contribution is -2.34. The van der Waals surface area contributed by atoms with E-state index in [1.807, 2.05) is 36.2 Å². The van der Waals surface area contributed by atoms with E-state index in [9.17, 15) is 9.18 Å². The van der Waals surface area contributed by atoms with Gasteiger partial charge in [-0.25, -0.2) is 4.39 Å². The number of hydrogen-bond acceptors (Lipinski definition) is 3. The quantitative estimate of drug-likeness (QED) is 0.822. The van der Waals surface area contributed by atoms with Crippen LogP contribution in [0.4, 0.5) is 4.39 Å². The molecule has 2 aromatic rings. The number of nitrogens with one attached hydrogen (secondary N) is 1. The van der Waals surface area contributed by atoms with Gasteiger partial charge >= 0.3 is 0 Å². The average molecular weight is 316 g/mol. The predicted octanol–water partition coefficient (Wildman–Crippen LogP) is 2.07. The number of aliphatic hydroxyl groups excluding tert-OH is 1. The van der Waals surface area contributed by atoms with Crippen molar-refractivity contribution in [1.29, 1.82) is 0 Å². The molecule has 0 spiro atoms. The number of benzene rings is 2. The van der Waals surface area contributed by atoms with Crippen LogP contribution in [0.1, 0.15) is 16.7 Å². The van der Waals surface area contributed by atoms with Crippen molar-refractivity contribution in [1.82, 2.24) is 10.2 Å². The van der Waals surface area contributed by atoms with Crippen LogP contribution in [-0.4, -0.2) is 29.5 Å². The maximum Gasteiger partial charge on any atom is 0.234 e. The van der Waals surface area contributed by atoms with Crippen LogP contribution < -0.4 is 5.32 Å². The lowest BCUT2D eigenvalue weighted by molar-refractivity contribution is -0.122. The van der Waals surface area contributed by atoms with Crippen LogP contribution in [0.2, 0.25) is 0 Å². The van der Waals surface area contributed by atoms with Crippen LogP contribution in [0.15, 0.2) is 48.5 Å². The second-order valence-corrected chi connectivity index (χ2v) is 5.55. The van der Waals surface area contributed by atoms with Crippen LogP contribution in [0.5, 0.6) is 0 Å². The highest BCUT2D eigenvalue weighted by Crippen LogP contribution is 2.06. The van der Waals surface area contributed by atoms with Crippen LogP contribution >= 0.6 is 0 Å². The van der Waals surface area contributed by atoms with Gasteiger partial charge in [0.05, 0.1) is 13.2 Å². The van der Waals surface area contributed by atoms with E-state index >= 15 is 0 Å². The van der Waals surface area contributed by atoms with E-state index in [1.54, 1.807) is 12.1 Å². The summed E-state index contributed by atoms with van der Waals surface area (Å²) >= 11 is 0. The minimum absolute atomic E-state index is 0.0117. The fourth-order valence-electron chi connectivity index (χ4n) is 2.30. The Kier molecular flexibility index (Phi) is 6.26. The topological polar surface area (TPSA) is 52.6 Å². The van der Waals surface area contributed by atoms with Crippen molar-refractivity contribution >= 4 is 5.91 Å². The summed E-state index contributed by atoms with van der Waals surface area (Å²) < 4.78 is 12.9. The summed E-state index contributed by atoms with van der Waals surface area (Å²) in [4.78, 5) is 13.8. The minimum atomic E-state index is -0.265. The number of carbonyl (C=O) groups excluding carboxylic acids is 1. The first-order valence-electron chi connectivity index (χ1n) is 7.45. The van der Waals surface area contributed by atoms with Gasteiger partial charge in [-0.3, -0.25) is 9.69 Å². The molecule has 0 aliphatic rings. The molecule has 0 saturated heterocycles. The predicted molar refractivity (Wildman–Crippen MR) is 86.9 cm³/mol. The third kappa shape index (κ3) is 5.81. The van der Waals surface area contributed by atoms with Gasteiger partial charge in [-0.2, -0.15) is 0 Å². The Morgan fingerprint density at radius 3 is 2.52 bits per heavy atom. The molecule has 23 heavy (non-hydrogen) atoms. The number of hydrogen-bond donors (Lipinski definition) is 2. The molecular formula is C18H21FN2O2. The highest BCUT2D eigenvalue weighted by atomic mass is 19.1. The lowest BCUT2D eigenvalue weighted by atomic mass is 10.1. The molecule has 0 heterocycles. The number of halogens is 1. The Morgan fingerprint density at radius 2 is 1.83 bits per heavy atom. The second kappa shape index (κ2) is 8.41. The van der Waals surface area contributed by atoms with E-state index < -0.39 is 0 Å². The molecule has 5 heteroatoms. The minimum Gasteiger partial charge on any atom is -0.392 e. The molecule has 0 aliphatic carbocycles. The number of aliphatic hydroxyl groups is 1. The summed E-state index contributed by atoms with van der Waals surface area (Å²) in [7, 11) is 1.84. The summed E-state index contributed by atoms with van der Waals surface area (Å²) in [6.45, 7) is 1.25. The Hall–Kier alpha value is -2.24. The maximum absolute atomic E-state index is 12.9. The van der Waals surface area contributed by atoms with Gasteiger partial charge in [0.2, 0.25) is 5.91 Å². The zero-order valence-corrected chi connectivity index (χ0v) is 13.1. The first-order valence-corrected chi connectivity index (χ1v) is 7.45. The molecule has 0 unspecified atom stereocenters. The molecule has 0 fully saturated rings. The van der Waals surface area contributed by atoms with Crippen molar-refractivity contribution in [3.63, 3.8) is 0 Å². The van der Waals surface area contributed by atoms with Crippen LogP contribution in [-0.2, 0) is 24.5 Å². The smallest absolute Gasteiger partial charge is 0.234 e. The molecule has 2 rings (SSSR count). The van der Waals surface area contributed by atoms with Crippen molar-refractivity contribution in [2.75, 3.05) is 13.6 Å². The number of rotatable bonds is 7. The zero-order valence-electron chi connectivity index (χ0n) is 13.1. The largest absolute Gasteiger partial charge is 0.392 e. The number of nitrogens with zero attached hydrogens (tertiary/aromatic N) is 1. The Labute approximate surface area is 135 Å². The monoisotopic (exact) mass is 316 g/mol. The number of likely N-dealkylation sites (N-methyl/N-ethyl adjacent to an activating group) is 1. The Bertz CT molecular complexity index is 644. The van der Waals surface area contributed by atoms with Gasteiger partial charge in [-0.05, 0) is 35.9 Å². The highest BCUT2D eigenvalue weighted by Gasteiger charge is 2.07. The van der Waals surface area contributed by atoms with Gasteiger partial charge in [0.25, 0.3) is 0 Å². The van der Waals surface area contributed by atoms with Gasteiger partial charge in [0, 0.05) is 13.1 Å². The van der Waals surface area contributed by atoms with E-state index in [2.05, 4.69) is 5.32 Å². The fourth-order valence-corrected chi connectivity index (χ4v) is 2.30. The first-order chi connectivity index (χ1) is 11.1. The number of amides is 1. The molecular weight excluding hydrogens is 295 g/mol. The van der Waals surface area contributed by atoms with E-state index in [4.69, 9.17) is 5.11 Å². The van der Waals surface area contributed by atoms with Gasteiger partial charge in [0.15, 0.2) is 0 Å². The maximum atomic E-state index is 12.9. The molecule has 0 saturated carbocycles. The van der Waals surface area contributed by atoms with Crippen molar-refractivity contribution in [2.24, 2.45) is 0 Å². The molecule has 0 bridgehead atoms. The summed E-state index contributed by atoms with van der Waals surface area (Å²) in [5.41, 5.74) is 2.73. The Morgan fingerprint density at radius 1 is 1.13 bits per heavy atom. The van der Waals surface area contributed by atoms with Gasteiger partial charge in [-0.1, -0.05) is 36.4 Å². The summed E-state index contributed by atoms with van der Waals surface area (Å²) in [6, 6.07) is 13.7. The SMILES string of the molecule is CN(CC(=O)NCc1cccc(CO)c1)Cc1ccc(F)cc1. The number of carbonyl (C=O) groups is 1. The molecule has 2 aromatic carbocycles. The molecule has 0 radical (unpaired) electrons. The van der Waals surface area contributed by atoms with Crippen molar-refractivity contribution in [3.05, 3.63) is 71.0 Å². The van der Waals surface area contributed by atoms with Gasteiger partial charge in [-0.15, -0.1) is 0 Å². The van der Waals surface area contributed by atoms with Crippen LogP contribution in [0.25, 0.3) is 0 Å². The average Bonchev–Trinajstić information content (AvgIpc) is 2.55. The first kappa shape index (κ1) is 17.1. The van der Waals surface area contributed by atoms with Crippen LogP contribution in [0.3, 0.4) is 0 Å². The third-order valence-corrected chi connectivity index (χ3v) is 3.44. The van der Waals surface area contributed by atoms with Gasteiger partial charge < -0.3 is 10.4 Å². The molecule has 1 amide bonds. The molecule has 2 N–H and O–H groups in total. The zero-order chi connectivity index (χ0) is 16.7. The molecule has 122 valence electrons. The normalized spacial score (nSPS) is 10.8. The van der Waals surface area contributed by atoms with E-state index in [-0.39, 0.29) is 24.9 Å². The standard InChI is InChI=1S/C18H21FN2O2/c1-21(11-14-5-7-17(19)8-6-14)12-18(23)20-10-15-3-2-4-16(9-15)13-22/h2-9,22H,10-13H2,1H3,(H,20,23). The molecule has 0 aliphatic heterocycles. The van der Waals surface area contributed by atoms with E-state index in [0.29, 0.717) is 13.1 Å². The van der Waals surface area contributed by atoms with E-state index in [0.717, 1.165) is 16.7 Å². The summed E-state index contributed by atoms with van der Waals surface area (Å²) in [6.07, 6.45) is 0. The van der Waals surface area contributed by atoms with Crippen LogP contribution in [0, 0.1) is 5.82 Å². The molecule has 0 aromatic heterocycles. The summed E-state index contributed by atoms with van der Waals surface area (Å²) in [5, 5.41) is 12.0. The van der Waals surface area contributed by atoms with Gasteiger partial charge in [0.1, 0.15) is 5.82 Å². The van der Waals surface area contributed by atoms with Crippen molar-refractivity contribution in [2.45, 2.75) is 19.7 Å². The molecule has 4 nitrogen and oxygen atoms in total. The third-order valence-electron chi connectivity index (χ3n) is 3.44. The summed E-state index contributed by atoms with van der Waals surface area (Å²) in [5.74, 6) is -0.344. The molecule has 0 atom stereocenters. The van der Waals surface area contributed by atoms with E-state index in [1.165, 1.54) is 12.1 Å². The fraction of sp³-hybridized carbons (Fsp3) is 0.278. The lowest BCUT2D eigenvalue weighted by Gasteiger charge is -2.16. The van der Waals surface area contributed by atoms with Crippen molar-refractivity contribution in [3.8, 4) is 0 Å². The second-order valence-electron chi connectivity index (χ2n) is 5.55. The highest BCUT2D eigenvalue weighted by molar-refractivity contribution is 5.77. The Balaban J connectivity index is 1.78.